The topological polar surface area (TPSA) is 63.6 Å². The van der Waals surface area contributed by atoms with Crippen LogP contribution in [-0.2, 0) is 31.7 Å². The number of hydrogen-bond acceptors (Lipinski definition) is 3. The van der Waals surface area contributed by atoms with Gasteiger partial charge in [-0.2, -0.15) is 8.42 Å². The molecule has 0 aliphatic heterocycles. The molecule has 0 atom stereocenters. The van der Waals surface area contributed by atoms with Gasteiger partial charge in [-0.05, 0) is 6.42 Å². The summed E-state index contributed by atoms with van der Waals surface area (Å²) in [7, 11) is -4.24. The van der Waals surface area contributed by atoms with Crippen molar-refractivity contribution in [3.8, 4) is 0 Å². The zero-order valence-corrected chi connectivity index (χ0v) is 14.6. The van der Waals surface area contributed by atoms with Crippen LogP contribution in [0.15, 0.2) is 0 Å². The SMILES string of the molecule is CCCCCCCCCCCCCCOS(=O)(=O)O.[Mn+2]. The Morgan fingerprint density at radius 1 is 0.750 bits per heavy atom. The van der Waals surface area contributed by atoms with Gasteiger partial charge < -0.3 is 0 Å². The van der Waals surface area contributed by atoms with Crippen LogP contribution in [0.2, 0.25) is 0 Å². The van der Waals surface area contributed by atoms with E-state index in [9.17, 15) is 8.42 Å². The first-order valence-electron chi connectivity index (χ1n) is 7.68. The van der Waals surface area contributed by atoms with Crippen molar-refractivity contribution < 1.29 is 34.2 Å². The molecule has 0 saturated heterocycles. The molecular formula is C14H30MnO4S+2. The molecule has 0 rings (SSSR count). The zero-order chi connectivity index (χ0) is 14.4. The zero-order valence-electron chi connectivity index (χ0n) is 12.7. The summed E-state index contributed by atoms with van der Waals surface area (Å²) in [5.41, 5.74) is 0. The van der Waals surface area contributed by atoms with Crippen LogP contribution >= 0.6 is 0 Å². The molecule has 0 aliphatic rings. The minimum atomic E-state index is -4.24. The minimum Gasteiger partial charge on any atom is -0.264 e. The molecule has 0 aliphatic carbocycles. The fourth-order valence-corrected chi connectivity index (χ4v) is 2.44. The van der Waals surface area contributed by atoms with Crippen molar-refractivity contribution in [2.45, 2.75) is 84.0 Å². The van der Waals surface area contributed by atoms with E-state index in [1.54, 1.807) is 0 Å². The van der Waals surface area contributed by atoms with E-state index in [0.717, 1.165) is 12.8 Å². The second-order valence-electron chi connectivity index (χ2n) is 5.14. The second kappa shape index (κ2) is 15.8. The number of unbranched alkanes of at least 4 members (excludes halogenated alkanes) is 11. The van der Waals surface area contributed by atoms with Gasteiger partial charge in [0.2, 0.25) is 0 Å². The van der Waals surface area contributed by atoms with Crippen molar-refractivity contribution in [2.24, 2.45) is 0 Å². The van der Waals surface area contributed by atoms with Crippen LogP contribution in [0.5, 0.6) is 0 Å². The largest absolute Gasteiger partial charge is 2.00 e. The van der Waals surface area contributed by atoms with Gasteiger partial charge in [0.15, 0.2) is 0 Å². The summed E-state index contributed by atoms with van der Waals surface area (Å²) < 4.78 is 33.1. The Morgan fingerprint density at radius 2 is 1.10 bits per heavy atom. The van der Waals surface area contributed by atoms with E-state index in [4.69, 9.17) is 4.55 Å². The predicted octanol–water partition coefficient (Wildman–Crippen LogP) is 4.50. The molecule has 0 spiro atoms. The van der Waals surface area contributed by atoms with E-state index in [1.807, 2.05) is 0 Å². The summed E-state index contributed by atoms with van der Waals surface area (Å²) in [5, 5.41) is 0. The third-order valence-corrected chi connectivity index (χ3v) is 3.69. The molecule has 0 aromatic rings. The molecule has 0 aromatic carbocycles. The van der Waals surface area contributed by atoms with Crippen LogP contribution in [0, 0.1) is 0 Å². The average Bonchev–Trinajstić information content (AvgIpc) is 2.34. The van der Waals surface area contributed by atoms with Gasteiger partial charge in [0.1, 0.15) is 0 Å². The van der Waals surface area contributed by atoms with E-state index >= 15 is 0 Å². The number of hydrogen-bond donors (Lipinski definition) is 1. The predicted molar refractivity (Wildman–Crippen MR) is 78.6 cm³/mol. The maximum absolute atomic E-state index is 10.3. The molecule has 20 heavy (non-hydrogen) atoms. The quantitative estimate of drug-likeness (QED) is 0.285. The molecule has 0 unspecified atom stereocenters. The van der Waals surface area contributed by atoms with Crippen LogP contribution in [0.3, 0.4) is 0 Å². The first-order valence-corrected chi connectivity index (χ1v) is 9.04. The van der Waals surface area contributed by atoms with Crippen LogP contribution < -0.4 is 0 Å². The standard InChI is InChI=1S/C14H30O4S.Mn/c1-2-3-4-5-6-7-8-9-10-11-12-13-14-18-19(15,16)17;/h2-14H2,1H3,(H,15,16,17);/q;+2. The van der Waals surface area contributed by atoms with Gasteiger partial charge in [-0.1, -0.05) is 77.6 Å². The van der Waals surface area contributed by atoms with Gasteiger partial charge in [0.05, 0.1) is 6.61 Å². The Labute approximate surface area is 135 Å². The molecule has 6 heteroatoms. The molecule has 0 aromatic heterocycles. The molecule has 1 radical (unpaired) electrons. The Hall–Kier alpha value is 0.389. The third kappa shape index (κ3) is 20.7. The molecular weight excluding hydrogens is 319 g/mol. The third-order valence-electron chi connectivity index (χ3n) is 3.23. The van der Waals surface area contributed by atoms with Crippen molar-refractivity contribution in [1.82, 2.24) is 0 Å². The summed E-state index contributed by atoms with van der Waals surface area (Å²) in [6.45, 7) is 2.33. The maximum Gasteiger partial charge on any atom is 2.00 e. The normalized spacial score (nSPS) is 11.3. The molecule has 0 fully saturated rings. The van der Waals surface area contributed by atoms with Crippen molar-refractivity contribution in [3.63, 3.8) is 0 Å². The molecule has 0 bridgehead atoms. The van der Waals surface area contributed by atoms with Gasteiger partial charge in [-0.3, -0.25) is 4.55 Å². The van der Waals surface area contributed by atoms with Gasteiger partial charge in [-0.25, -0.2) is 4.18 Å². The summed E-state index contributed by atoms with van der Waals surface area (Å²) in [6.07, 6.45) is 14.7. The van der Waals surface area contributed by atoms with E-state index in [2.05, 4.69) is 11.1 Å². The number of rotatable bonds is 14. The van der Waals surface area contributed by atoms with Gasteiger partial charge in [0.25, 0.3) is 0 Å². The smallest absolute Gasteiger partial charge is 0.264 e. The molecule has 1 N–H and O–H groups in total. The summed E-state index contributed by atoms with van der Waals surface area (Å²) in [6, 6.07) is 0. The van der Waals surface area contributed by atoms with E-state index in [1.165, 1.54) is 57.8 Å². The van der Waals surface area contributed by atoms with Crippen LogP contribution in [0.4, 0.5) is 0 Å². The first kappa shape index (κ1) is 22.7. The Bertz CT molecular complexity index is 281. The monoisotopic (exact) mass is 349 g/mol. The van der Waals surface area contributed by atoms with Crippen molar-refractivity contribution in [1.29, 1.82) is 0 Å². The van der Waals surface area contributed by atoms with Gasteiger partial charge in [-0.15, -0.1) is 0 Å². The Kier molecular flexibility index (Phi) is 17.9. The fraction of sp³-hybridized carbons (Fsp3) is 1.00. The summed E-state index contributed by atoms with van der Waals surface area (Å²) >= 11 is 0. The van der Waals surface area contributed by atoms with E-state index in [0.29, 0.717) is 6.42 Å². The Balaban J connectivity index is 0. The van der Waals surface area contributed by atoms with E-state index < -0.39 is 10.4 Å². The molecule has 0 heterocycles. The van der Waals surface area contributed by atoms with Gasteiger partial charge in [0, 0.05) is 0 Å². The Morgan fingerprint density at radius 3 is 1.45 bits per heavy atom. The summed E-state index contributed by atoms with van der Waals surface area (Å²) in [4.78, 5) is 0. The average molecular weight is 349 g/mol. The van der Waals surface area contributed by atoms with Crippen molar-refractivity contribution in [2.75, 3.05) is 6.61 Å². The first-order chi connectivity index (χ1) is 9.06. The fourth-order valence-electron chi connectivity index (χ4n) is 2.11. The minimum absolute atomic E-state index is 0. The second-order valence-corrected chi connectivity index (χ2v) is 6.23. The maximum atomic E-state index is 10.3. The van der Waals surface area contributed by atoms with Crippen LogP contribution in [0.1, 0.15) is 84.0 Å². The molecule has 0 saturated carbocycles. The van der Waals surface area contributed by atoms with Crippen LogP contribution in [0.25, 0.3) is 0 Å². The molecule has 0 amide bonds. The van der Waals surface area contributed by atoms with E-state index in [-0.39, 0.29) is 23.7 Å². The van der Waals surface area contributed by atoms with Gasteiger partial charge >= 0.3 is 27.5 Å². The summed E-state index contributed by atoms with van der Waals surface area (Å²) in [5.74, 6) is 0. The molecule has 121 valence electrons. The van der Waals surface area contributed by atoms with Crippen molar-refractivity contribution >= 4 is 10.4 Å². The van der Waals surface area contributed by atoms with Crippen LogP contribution in [-0.4, -0.2) is 19.6 Å². The molecule has 4 nitrogen and oxygen atoms in total. The van der Waals surface area contributed by atoms with Crippen molar-refractivity contribution in [3.05, 3.63) is 0 Å².